The van der Waals surface area contributed by atoms with E-state index in [0.29, 0.717) is 5.92 Å². The Bertz CT molecular complexity index is 307. The van der Waals surface area contributed by atoms with Crippen molar-refractivity contribution in [3.05, 3.63) is 18.2 Å². The van der Waals surface area contributed by atoms with E-state index in [1.165, 1.54) is 12.2 Å². The quantitative estimate of drug-likeness (QED) is 0.514. The van der Waals surface area contributed by atoms with Crippen LogP contribution in [0.1, 0.15) is 45.4 Å². The largest absolute Gasteiger partial charge is 0.377 e. The number of rotatable bonds is 7. The van der Waals surface area contributed by atoms with Gasteiger partial charge in [0.2, 0.25) is 0 Å². The van der Waals surface area contributed by atoms with Crippen LogP contribution in [0.15, 0.2) is 12.4 Å². The maximum absolute atomic E-state index is 5.53. The smallest absolute Gasteiger partial charge is 0.259 e. The fourth-order valence-electron chi connectivity index (χ4n) is 1.95. The number of ether oxygens (including phenoxy) is 1. The molecule has 1 aromatic rings. The van der Waals surface area contributed by atoms with Crippen molar-refractivity contribution in [2.75, 3.05) is 13.2 Å². The van der Waals surface area contributed by atoms with Gasteiger partial charge < -0.3 is 4.74 Å². The Morgan fingerprint density at radius 2 is 2.12 bits per heavy atom. The van der Waals surface area contributed by atoms with Gasteiger partial charge in [-0.25, -0.2) is 9.13 Å². The maximum atomic E-state index is 5.53. The van der Waals surface area contributed by atoms with Gasteiger partial charge in [0, 0.05) is 6.61 Å². The van der Waals surface area contributed by atoms with E-state index >= 15 is 0 Å². The molecule has 1 heterocycles. The number of hydrogen-bond donors (Lipinski definition) is 0. The molecule has 1 unspecified atom stereocenters. The van der Waals surface area contributed by atoms with Crippen molar-refractivity contribution in [2.45, 2.75) is 46.1 Å². The monoisotopic (exact) mass is 225 g/mol. The molecule has 0 bridgehead atoms. The Kier molecular flexibility index (Phi) is 5.53. The second kappa shape index (κ2) is 6.69. The fourth-order valence-corrected chi connectivity index (χ4v) is 1.95. The number of nitrogens with zero attached hydrogens (tertiary/aromatic N) is 2. The van der Waals surface area contributed by atoms with Crippen LogP contribution in [-0.2, 0) is 18.3 Å². The van der Waals surface area contributed by atoms with Gasteiger partial charge >= 0.3 is 0 Å². The summed E-state index contributed by atoms with van der Waals surface area (Å²) in [7, 11) is 2.12. The van der Waals surface area contributed by atoms with Crippen LogP contribution in [0, 0.1) is 0 Å². The highest BCUT2D eigenvalue weighted by Gasteiger charge is 2.19. The van der Waals surface area contributed by atoms with Gasteiger partial charge in [0.15, 0.2) is 0 Å². The van der Waals surface area contributed by atoms with Gasteiger partial charge in [0.25, 0.3) is 5.82 Å². The fraction of sp³-hybridized carbons (Fsp3) is 0.769. The summed E-state index contributed by atoms with van der Waals surface area (Å²) in [6.45, 7) is 9.28. The molecule has 16 heavy (non-hydrogen) atoms. The summed E-state index contributed by atoms with van der Waals surface area (Å²) in [5.74, 6) is 1.99. The molecular formula is C13H25N2O+. The Balaban J connectivity index is 2.58. The lowest BCUT2D eigenvalue weighted by atomic mass is 10.1. The van der Waals surface area contributed by atoms with Crippen LogP contribution < -0.4 is 4.57 Å². The molecule has 0 radical (unpaired) electrons. The molecule has 0 aliphatic heterocycles. The minimum atomic E-state index is 0.603. The second-order valence-corrected chi connectivity index (χ2v) is 4.38. The van der Waals surface area contributed by atoms with Crippen molar-refractivity contribution in [1.82, 2.24) is 4.57 Å². The highest BCUT2D eigenvalue weighted by Crippen LogP contribution is 2.14. The van der Waals surface area contributed by atoms with Gasteiger partial charge in [-0.3, -0.25) is 0 Å². The molecule has 0 spiro atoms. The minimum Gasteiger partial charge on any atom is -0.377 e. The van der Waals surface area contributed by atoms with E-state index in [0.717, 1.165) is 26.2 Å². The van der Waals surface area contributed by atoms with Crippen molar-refractivity contribution in [3.63, 3.8) is 0 Å². The van der Waals surface area contributed by atoms with Crippen molar-refractivity contribution in [1.29, 1.82) is 0 Å². The zero-order valence-electron chi connectivity index (χ0n) is 11.1. The second-order valence-electron chi connectivity index (χ2n) is 4.38. The van der Waals surface area contributed by atoms with Crippen molar-refractivity contribution >= 4 is 0 Å². The summed E-state index contributed by atoms with van der Waals surface area (Å²) in [6.07, 6.45) is 6.55. The van der Waals surface area contributed by atoms with Crippen molar-refractivity contribution in [3.8, 4) is 0 Å². The third kappa shape index (κ3) is 3.34. The molecule has 0 amide bonds. The van der Waals surface area contributed by atoms with E-state index in [4.69, 9.17) is 4.74 Å². The highest BCUT2D eigenvalue weighted by molar-refractivity contribution is 4.91. The van der Waals surface area contributed by atoms with Gasteiger partial charge in [-0.05, 0) is 12.8 Å². The van der Waals surface area contributed by atoms with E-state index in [1.54, 1.807) is 0 Å². The predicted octanol–water partition coefficient (Wildman–Crippen LogP) is 2.25. The third-order valence-corrected chi connectivity index (χ3v) is 3.00. The van der Waals surface area contributed by atoms with Crippen LogP contribution in [-0.4, -0.2) is 17.8 Å². The lowest BCUT2D eigenvalue weighted by Gasteiger charge is -2.08. The molecule has 0 saturated heterocycles. The molecule has 0 aromatic carbocycles. The van der Waals surface area contributed by atoms with E-state index < -0.39 is 0 Å². The number of imidazole rings is 1. The van der Waals surface area contributed by atoms with Crippen LogP contribution in [0.2, 0.25) is 0 Å². The number of hydrogen-bond acceptors (Lipinski definition) is 1. The van der Waals surface area contributed by atoms with Crippen LogP contribution in [0.25, 0.3) is 0 Å². The van der Waals surface area contributed by atoms with Crippen LogP contribution >= 0.6 is 0 Å². The van der Waals surface area contributed by atoms with Crippen LogP contribution in [0.5, 0.6) is 0 Å². The van der Waals surface area contributed by atoms with Crippen LogP contribution in [0.4, 0.5) is 0 Å². The first-order chi connectivity index (χ1) is 7.70. The van der Waals surface area contributed by atoms with Gasteiger partial charge in [-0.2, -0.15) is 0 Å². The molecule has 0 saturated carbocycles. The van der Waals surface area contributed by atoms with Crippen molar-refractivity contribution < 1.29 is 9.30 Å². The average molecular weight is 225 g/mol. The summed E-state index contributed by atoms with van der Waals surface area (Å²) in [6, 6.07) is 0. The molecule has 1 atom stereocenters. The van der Waals surface area contributed by atoms with Gasteiger partial charge in [-0.15, -0.1) is 0 Å². The summed E-state index contributed by atoms with van der Waals surface area (Å²) in [5, 5.41) is 0. The number of aryl methyl sites for hydroxylation is 1. The van der Waals surface area contributed by atoms with Gasteiger partial charge in [0.05, 0.1) is 19.6 Å². The first-order valence-electron chi connectivity index (χ1n) is 6.33. The van der Waals surface area contributed by atoms with E-state index in [9.17, 15) is 0 Å². The Morgan fingerprint density at radius 3 is 2.75 bits per heavy atom. The zero-order chi connectivity index (χ0) is 12.0. The molecular weight excluding hydrogens is 200 g/mol. The maximum Gasteiger partial charge on any atom is 0.259 e. The molecule has 0 fully saturated rings. The standard InChI is InChI=1S/C13H25N2O/c1-5-10-16-11-9-15-8-7-14(4)13(15)12(3)6-2/h7-8,12H,5-6,9-11H2,1-4H3/q+1. The molecule has 92 valence electrons. The van der Waals surface area contributed by atoms with E-state index in [-0.39, 0.29) is 0 Å². The SMILES string of the molecule is CCCOCCn1cc[n+](C)c1C(C)CC. The summed E-state index contributed by atoms with van der Waals surface area (Å²) < 4.78 is 10.1. The third-order valence-electron chi connectivity index (χ3n) is 3.00. The lowest BCUT2D eigenvalue weighted by molar-refractivity contribution is -0.680. The van der Waals surface area contributed by atoms with E-state index in [1.807, 2.05) is 0 Å². The first-order valence-corrected chi connectivity index (χ1v) is 6.33. The average Bonchev–Trinajstić information content (AvgIpc) is 2.65. The highest BCUT2D eigenvalue weighted by atomic mass is 16.5. The zero-order valence-corrected chi connectivity index (χ0v) is 11.1. The molecule has 0 aliphatic carbocycles. The molecule has 0 aliphatic rings. The van der Waals surface area contributed by atoms with Crippen LogP contribution in [0.3, 0.4) is 0 Å². The topological polar surface area (TPSA) is 18.0 Å². The summed E-state index contributed by atoms with van der Waals surface area (Å²) in [5.41, 5.74) is 0. The predicted molar refractivity (Wildman–Crippen MR) is 65.4 cm³/mol. The molecule has 3 nitrogen and oxygen atoms in total. The number of aromatic nitrogens is 2. The molecule has 3 heteroatoms. The Hall–Kier alpha value is -0.830. The van der Waals surface area contributed by atoms with Crippen molar-refractivity contribution in [2.24, 2.45) is 7.05 Å². The normalized spacial score (nSPS) is 13.0. The summed E-state index contributed by atoms with van der Waals surface area (Å²) >= 11 is 0. The van der Waals surface area contributed by atoms with E-state index in [2.05, 4.69) is 49.3 Å². The van der Waals surface area contributed by atoms with Gasteiger partial charge in [0.1, 0.15) is 18.9 Å². The molecule has 1 rings (SSSR count). The summed E-state index contributed by atoms with van der Waals surface area (Å²) in [4.78, 5) is 0. The lowest BCUT2D eigenvalue weighted by Crippen LogP contribution is -2.33. The first kappa shape index (κ1) is 13.2. The molecule has 1 aromatic heterocycles. The minimum absolute atomic E-state index is 0.603. The Labute approximate surface area is 99.0 Å². The Morgan fingerprint density at radius 1 is 1.38 bits per heavy atom. The molecule has 0 N–H and O–H groups in total. The van der Waals surface area contributed by atoms with Gasteiger partial charge in [-0.1, -0.05) is 20.8 Å².